The number of aromatic nitrogens is 1. The van der Waals surface area contributed by atoms with E-state index in [4.69, 9.17) is 5.73 Å². The van der Waals surface area contributed by atoms with E-state index in [0.29, 0.717) is 0 Å². The molecule has 16 heavy (non-hydrogen) atoms. The van der Waals surface area contributed by atoms with E-state index in [1.807, 2.05) is 0 Å². The van der Waals surface area contributed by atoms with Gasteiger partial charge in [0, 0.05) is 26.2 Å². The highest BCUT2D eigenvalue weighted by molar-refractivity contribution is 14.1. The molecule has 2 nitrogen and oxygen atoms in total. The summed E-state index contributed by atoms with van der Waals surface area (Å²) in [7, 11) is 0. The fourth-order valence-corrected chi connectivity index (χ4v) is 2.96. The molecule has 0 spiro atoms. The predicted octanol–water partition coefficient (Wildman–Crippen LogP) is 3.53. The van der Waals surface area contributed by atoms with Crippen molar-refractivity contribution >= 4 is 45.9 Å². The molecule has 0 fully saturated rings. The topological polar surface area (TPSA) is 41.8 Å². The van der Waals surface area contributed by atoms with Crippen LogP contribution in [0.15, 0.2) is 18.2 Å². The van der Waals surface area contributed by atoms with Gasteiger partial charge in [-0.3, -0.25) is 0 Å². The lowest BCUT2D eigenvalue weighted by Crippen LogP contribution is -2.16. The summed E-state index contributed by atoms with van der Waals surface area (Å²) >= 11 is 2.36. The van der Waals surface area contributed by atoms with Gasteiger partial charge in [0.25, 0.3) is 0 Å². The second kappa shape index (κ2) is 4.55. The minimum atomic E-state index is 0. The van der Waals surface area contributed by atoms with Crippen LogP contribution in [0.4, 0.5) is 0 Å². The van der Waals surface area contributed by atoms with Gasteiger partial charge in [-0.15, -0.1) is 12.4 Å². The predicted molar refractivity (Wildman–Crippen MR) is 78.1 cm³/mol. The zero-order valence-electron chi connectivity index (χ0n) is 8.79. The lowest BCUT2D eigenvalue weighted by atomic mass is 9.92. The summed E-state index contributed by atoms with van der Waals surface area (Å²) in [6.07, 6.45) is 3.49. The van der Waals surface area contributed by atoms with E-state index in [2.05, 4.69) is 45.8 Å². The number of halogens is 2. The molecule has 1 unspecified atom stereocenters. The van der Waals surface area contributed by atoms with Gasteiger partial charge >= 0.3 is 0 Å². The molecule has 1 aliphatic carbocycles. The molecule has 1 heterocycles. The third-order valence-electron chi connectivity index (χ3n) is 3.21. The zero-order chi connectivity index (χ0) is 10.4. The van der Waals surface area contributed by atoms with Crippen molar-refractivity contribution in [1.29, 1.82) is 0 Å². The molecule has 3 rings (SSSR count). The fourth-order valence-electron chi connectivity index (χ4n) is 2.47. The number of hydrogen-bond acceptors (Lipinski definition) is 1. The smallest absolute Gasteiger partial charge is 0.0460 e. The summed E-state index contributed by atoms with van der Waals surface area (Å²) in [5.74, 6) is 0. The number of hydrogen-bond donors (Lipinski definition) is 2. The maximum Gasteiger partial charge on any atom is 0.0460 e. The summed E-state index contributed by atoms with van der Waals surface area (Å²) in [6, 6.07) is 6.75. The Morgan fingerprint density at radius 1 is 1.38 bits per heavy atom. The third-order valence-corrected chi connectivity index (χ3v) is 3.88. The number of aryl methyl sites for hydroxylation is 1. The molecule has 4 heteroatoms. The molecule has 1 atom stereocenters. The van der Waals surface area contributed by atoms with Crippen LogP contribution in [0.2, 0.25) is 0 Å². The molecule has 0 bridgehead atoms. The van der Waals surface area contributed by atoms with Crippen molar-refractivity contribution in [2.24, 2.45) is 5.73 Å². The lowest BCUT2D eigenvalue weighted by molar-refractivity contribution is 0.562. The minimum Gasteiger partial charge on any atom is -0.357 e. The number of nitrogens with one attached hydrogen (secondary N) is 1. The van der Waals surface area contributed by atoms with Gasteiger partial charge in [-0.25, -0.2) is 0 Å². The second-order valence-corrected chi connectivity index (χ2v) is 5.45. The summed E-state index contributed by atoms with van der Waals surface area (Å²) < 4.78 is 1.29. The van der Waals surface area contributed by atoms with Crippen LogP contribution >= 0.6 is 35.0 Å². The van der Waals surface area contributed by atoms with Crippen molar-refractivity contribution in [2.45, 2.75) is 25.3 Å². The van der Waals surface area contributed by atoms with Crippen molar-refractivity contribution in [3.05, 3.63) is 33.0 Å². The minimum absolute atomic E-state index is 0. The molecule has 3 N–H and O–H groups in total. The molecule has 0 aliphatic heterocycles. The Labute approximate surface area is 115 Å². The summed E-state index contributed by atoms with van der Waals surface area (Å²) in [5, 5.41) is 1.37. The Morgan fingerprint density at radius 2 is 2.19 bits per heavy atom. The maximum atomic E-state index is 6.12. The van der Waals surface area contributed by atoms with Crippen molar-refractivity contribution in [1.82, 2.24) is 4.98 Å². The number of H-pyrrole nitrogens is 1. The number of fused-ring (bicyclic) bond motifs is 3. The molecular formula is C12H14ClIN2. The monoisotopic (exact) mass is 348 g/mol. The maximum absolute atomic E-state index is 6.12. The van der Waals surface area contributed by atoms with E-state index in [1.165, 1.54) is 38.6 Å². The van der Waals surface area contributed by atoms with Crippen LogP contribution < -0.4 is 5.73 Å². The van der Waals surface area contributed by atoms with Crippen LogP contribution in [0.5, 0.6) is 0 Å². The second-order valence-electron chi connectivity index (χ2n) is 4.21. The number of benzene rings is 1. The Balaban J connectivity index is 0.000000963. The first-order chi connectivity index (χ1) is 7.25. The molecular weight excluding hydrogens is 335 g/mol. The van der Waals surface area contributed by atoms with Crippen molar-refractivity contribution in [3.8, 4) is 0 Å². The van der Waals surface area contributed by atoms with Crippen LogP contribution in [-0.2, 0) is 6.42 Å². The van der Waals surface area contributed by atoms with E-state index >= 15 is 0 Å². The first-order valence-corrected chi connectivity index (χ1v) is 6.39. The van der Waals surface area contributed by atoms with E-state index in [0.717, 1.165) is 6.42 Å². The Kier molecular flexibility index (Phi) is 3.47. The van der Waals surface area contributed by atoms with E-state index < -0.39 is 0 Å². The molecule has 1 aliphatic rings. The first kappa shape index (κ1) is 12.2. The van der Waals surface area contributed by atoms with Crippen LogP contribution in [0.3, 0.4) is 0 Å². The van der Waals surface area contributed by atoms with Gasteiger partial charge in [0.05, 0.1) is 0 Å². The molecule has 1 aromatic heterocycles. The van der Waals surface area contributed by atoms with Gasteiger partial charge < -0.3 is 10.7 Å². The number of aromatic amines is 1. The Bertz CT molecular complexity index is 521. The van der Waals surface area contributed by atoms with Gasteiger partial charge in [-0.1, -0.05) is 0 Å². The van der Waals surface area contributed by atoms with Gasteiger partial charge in [-0.2, -0.15) is 0 Å². The molecule has 86 valence electrons. The summed E-state index contributed by atoms with van der Waals surface area (Å²) in [4.78, 5) is 3.46. The van der Waals surface area contributed by atoms with Crippen molar-refractivity contribution < 1.29 is 0 Å². The van der Waals surface area contributed by atoms with E-state index in [1.54, 1.807) is 0 Å². The summed E-state index contributed by atoms with van der Waals surface area (Å²) in [5.41, 5.74) is 10.1. The van der Waals surface area contributed by atoms with Crippen LogP contribution in [0.1, 0.15) is 30.1 Å². The van der Waals surface area contributed by atoms with Gasteiger partial charge in [-0.05, 0) is 65.6 Å². The quantitative estimate of drug-likeness (QED) is 0.703. The molecule has 1 aromatic carbocycles. The largest absolute Gasteiger partial charge is 0.357 e. The molecule has 2 aromatic rings. The normalized spacial score (nSPS) is 19.2. The average molecular weight is 349 g/mol. The van der Waals surface area contributed by atoms with Crippen LogP contribution in [0.25, 0.3) is 10.9 Å². The molecule has 0 radical (unpaired) electrons. The highest BCUT2D eigenvalue weighted by atomic mass is 127. The molecule has 0 saturated heterocycles. The number of rotatable bonds is 0. The average Bonchev–Trinajstić information content (AvgIpc) is 2.58. The Morgan fingerprint density at radius 3 is 3.00 bits per heavy atom. The Hall–Kier alpha value is -0.260. The lowest BCUT2D eigenvalue weighted by Gasteiger charge is -2.18. The van der Waals surface area contributed by atoms with E-state index in [-0.39, 0.29) is 18.4 Å². The van der Waals surface area contributed by atoms with Gasteiger partial charge in [0.1, 0.15) is 0 Å². The molecule has 0 saturated carbocycles. The third kappa shape index (κ3) is 1.85. The summed E-state index contributed by atoms with van der Waals surface area (Å²) in [6.45, 7) is 0. The standard InChI is InChI=1S/C12H13IN2.ClH/c13-7-4-5-11-9(6-7)8-2-1-3-10(14)12(8)15-11;/h4-6,10,15H,1-3,14H2;1H. The number of nitrogens with two attached hydrogens (primary N) is 1. The van der Waals surface area contributed by atoms with Crippen molar-refractivity contribution in [2.75, 3.05) is 0 Å². The van der Waals surface area contributed by atoms with Gasteiger partial charge in [0.2, 0.25) is 0 Å². The SMILES string of the molecule is Cl.NC1CCCc2c1[nH]c1ccc(I)cc21. The van der Waals surface area contributed by atoms with E-state index in [9.17, 15) is 0 Å². The fraction of sp³-hybridized carbons (Fsp3) is 0.333. The van der Waals surface area contributed by atoms with Crippen molar-refractivity contribution in [3.63, 3.8) is 0 Å². The zero-order valence-corrected chi connectivity index (χ0v) is 11.8. The van der Waals surface area contributed by atoms with Crippen LogP contribution in [0, 0.1) is 3.57 Å². The van der Waals surface area contributed by atoms with Gasteiger partial charge in [0.15, 0.2) is 0 Å². The highest BCUT2D eigenvalue weighted by Crippen LogP contribution is 2.33. The highest BCUT2D eigenvalue weighted by Gasteiger charge is 2.21. The van der Waals surface area contributed by atoms with Crippen LogP contribution in [-0.4, -0.2) is 4.98 Å². The first-order valence-electron chi connectivity index (χ1n) is 5.31. The molecule has 0 amide bonds.